The molecule has 0 aliphatic carbocycles. The molecule has 0 fully saturated rings. The molecule has 1 aromatic heterocycles. The van der Waals surface area contributed by atoms with Crippen molar-refractivity contribution in [2.45, 2.75) is 27.1 Å². The summed E-state index contributed by atoms with van der Waals surface area (Å²) in [5.41, 5.74) is 4.02. The van der Waals surface area contributed by atoms with Crippen LogP contribution in [0, 0.1) is 13.8 Å². The lowest BCUT2D eigenvalue weighted by molar-refractivity contribution is 0.280. The fourth-order valence-corrected chi connectivity index (χ4v) is 3.36. The van der Waals surface area contributed by atoms with E-state index in [1.54, 1.807) is 11.3 Å². The van der Waals surface area contributed by atoms with E-state index in [-0.39, 0.29) is 6.61 Å². The minimum Gasteiger partial charge on any atom is -0.486 e. The minimum atomic E-state index is 0.0554. The summed E-state index contributed by atoms with van der Waals surface area (Å²) in [7, 11) is 0. The van der Waals surface area contributed by atoms with E-state index in [1.807, 2.05) is 44.2 Å². The molecule has 0 unspecified atom stereocenters. The van der Waals surface area contributed by atoms with Crippen molar-refractivity contribution in [3.63, 3.8) is 0 Å². The third-order valence-corrected chi connectivity index (χ3v) is 4.39. The zero-order valence-corrected chi connectivity index (χ0v) is 12.9. The van der Waals surface area contributed by atoms with Gasteiger partial charge in [-0.25, -0.2) is 4.98 Å². The van der Waals surface area contributed by atoms with Gasteiger partial charge in [0.1, 0.15) is 17.4 Å². The number of thiazole rings is 1. The standard InChI is InChI=1S/C17H17NO2S/c1-11-7-13(9-19)8-12(2)17(11)20-10-16-18-14-5-3-4-6-15(14)21-16/h3-8,19H,9-10H2,1-2H3. The number of nitrogens with zero attached hydrogens (tertiary/aromatic N) is 1. The van der Waals surface area contributed by atoms with Crippen LogP contribution in [0.5, 0.6) is 5.75 Å². The summed E-state index contributed by atoms with van der Waals surface area (Å²) in [5, 5.41) is 10.2. The highest BCUT2D eigenvalue weighted by molar-refractivity contribution is 7.18. The topological polar surface area (TPSA) is 42.4 Å². The Bertz CT molecular complexity index is 723. The maximum atomic E-state index is 9.22. The highest BCUT2D eigenvalue weighted by Gasteiger charge is 2.09. The van der Waals surface area contributed by atoms with E-state index in [4.69, 9.17) is 4.74 Å². The first-order valence-electron chi connectivity index (χ1n) is 6.85. The summed E-state index contributed by atoms with van der Waals surface area (Å²) >= 11 is 1.66. The summed E-state index contributed by atoms with van der Waals surface area (Å²) in [4.78, 5) is 4.57. The van der Waals surface area contributed by atoms with Crippen molar-refractivity contribution in [1.29, 1.82) is 0 Å². The molecule has 21 heavy (non-hydrogen) atoms. The molecule has 4 heteroatoms. The fraction of sp³-hybridized carbons (Fsp3) is 0.235. The second-order valence-corrected chi connectivity index (χ2v) is 6.20. The Morgan fingerprint density at radius 1 is 1.14 bits per heavy atom. The van der Waals surface area contributed by atoms with E-state index in [1.165, 1.54) is 4.70 Å². The first-order valence-corrected chi connectivity index (χ1v) is 7.67. The molecular formula is C17H17NO2S. The van der Waals surface area contributed by atoms with Crippen LogP contribution in [0.2, 0.25) is 0 Å². The normalized spacial score (nSPS) is 11.0. The monoisotopic (exact) mass is 299 g/mol. The number of para-hydroxylation sites is 1. The second-order valence-electron chi connectivity index (χ2n) is 5.08. The smallest absolute Gasteiger partial charge is 0.140 e. The third-order valence-electron chi connectivity index (χ3n) is 3.38. The van der Waals surface area contributed by atoms with Crippen molar-refractivity contribution in [3.05, 3.63) is 58.1 Å². The fourth-order valence-electron chi connectivity index (χ4n) is 2.47. The van der Waals surface area contributed by atoms with Crippen LogP contribution < -0.4 is 4.74 Å². The Labute approximate surface area is 127 Å². The van der Waals surface area contributed by atoms with E-state index in [9.17, 15) is 5.11 Å². The molecule has 1 heterocycles. The van der Waals surface area contributed by atoms with E-state index >= 15 is 0 Å². The van der Waals surface area contributed by atoms with Gasteiger partial charge in [-0.3, -0.25) is 0 Å². The summed E-state index contributed by atoms with van der Waals surface area (Å²) < 4.78 is 7.13. The van der Waals surface area contributed by atoms with Crippen LogP contribution in [0.15, 0.2) is 36.4 Å². The molecule has 2 aromatic carbocycles. The zero-order valence-electron chi connectivity index (χ0n) is 12.1. The van der Waals surface area contributed by atoms with E-state index < -0.39 is 0 Å². The molecule has 3 nitrogen and oxygen atoms in total. The van der Waals surface area contributed by atoms with Crippen LogP contribution in [-0.2, 0) is 13.2 Å². The predicted molar refractivity (Wildman–Crippen MR) is 85.8 cm³/mol. The lowest BCUT2D eigenvalue weighted by Gasteiger charge is -2.12. The highest BCUT2D eigenvalue weighted by Crippen LogP contribution is 2.27. The SMILES string of the molecule is Cc1cc(CO)cc(C)c1OCc1nc2ccccc2s1. The first-order chi connectivity index (χ1) is 10.2. The van der Waals surface area contributed by atoms with Gasteiger partial charge >= 0.3 is 0 Å². The van der Waals surface area contributed by atoms with Crippen LogP contribution in [-0.4, -0.2) is 10.1 Å². The maximum absolute atomic E-state index is 9.22. The van der Waals surface area contributed by atoms with Gasteiger partial charge in [0.25, 0.3) is 0 Å². The second kappa shape index (κ2) is 5.84. The van der Waals surface area contributed by atoms with Crippen LogP contribution in [0.4, 0.5) is 0 Å². The van der Waals surface area contributed by atoms with Gasteiger partial charge in [0.05, 0.1) is 16.8 Å². The van der Waals surface area contributed by atoms with Crippen LogP contribution >= 0.6 is 11.3 Å². The van der Waals surface area contributed by atoms with Gasteiger partial charge in [-0.05, 0) is 42.7 Å². The Kier molecular flexibility index (Phi) is 3.90. The number of ether oxygens (including phenoxy) is 1. The number of fused-ring (bicyclic) bond motifs is 1. The van der Waals surface area contributed by atoms with Crippen molar-refractivity contribution in [2.24, 2.45) is 0 Å². The molecule has 0 amide bonds. The molecule has 0 saturated heterocycles. The summed E-state index contributed by atoms with van der Waals surface area (Å²) in [5.74, 6) is 0.881. The zero-order chi connectivity index (χ0) is 14.8. The number of aromatic nitrogens is 1. The van der Waals surface area contributed by atoms with Crippen molar-refractivity contribution in [3.8, 4) is 5.75 Å². The molecule has 3 aromatic rings. The van der Waals surface area contributed by atoms with Gasteiger partial charge in [0.15, 0.2) is 0 Å². The van der Waals surface area contributed by atoms with Crippen LogP contribution in [0.1, 0.15) is 21.7 Å². The van der Waals surface area contributed by atoms with Crippen molar-refractivity contribution in [2.75, 3.05) is 0 Å². The Hall–Kier alpha value is -1.91. The molecule has 0 atom stereocenters. The number of aliphatic hydroxyl groups is 1. The highest BCUT2D eigenvalue weighted by atomic mass is 32.1. The van der Waals surface area contributed by atoms with Gasteiger partial charge < -0.3 is 9.84 Å². The summed E-state index contributed by atoms with van der Waals surface area (Å²) in [6, 6.07) is 12.0. The lowest BCUT2D eigenvalue weighted by atomic mass is 10.1. The largest absolute Gasteiger partial charge is 0.486 e. The molecule has 0 aliphatic rings. The molecule has 0 saturated carbocycles. The Balaban J connectivity index is 1.81. The third kappa shape index (κ3) is 2.91. The van der Waals surface area contributed by atoms with Gasteiger partial charge in [-0.2, -0.15) is 0 Å². The molecular weight excluding hydrogens is 282 g/mol. The summed E-state index contributed by atoms with van der Waals surface area (Å²) in [6.07, 6.45) is 0. The first kappa shape index (κ1) is 14.0. The molecule has 0 aliphatic heterocycles. The molecule has 0 bridgehead atoms. The molecule has 3 rings (SSSR count). The van der Waals surface area contributed by atoms with Crippen LogP contribution in [0.3, 0.4) is 0 Å². The van der Waals surface area contributed by atoms with Gasteiger partial charge in [-0.1, -0.05) is 24.3 Å². The quantitative estimate of drug-likeness (QED) is 0.792. The van der Waals surface area contributed by atoms with E-state index in [0.717, 1.165) is 33.0 Å². The molecule has 1 N–H and O–H groups in total. The molecule has 108 valence electrons. The number of benzene rings is 2. The Morgan fingerprint density at radius 2 is 1.86 bits per heavy atom. The van der Waals surface area contributed by atoms with E-state index in [2.05, 4.69) is 11.1 Å². The Morgan fingerprint density at radius 3 is 2.52 bits per heavy atom. The van der Waals surface area contributed by atoms with Gasteiger partial charge in [0.2, 0.25) is 0 Å². The van der Waals surface area contributed by atoms with Crippen molar-refractivity contribution < 1.29 is 9.84 Å². The van der Waals surface area contributed by atoms with Crippen molar-refractivity contribution in [1.82, 2.24) is 4.98 Å². The van der Waals surface area contributed by atoms with E-state index in [0.29, 0.717) is 6.61 Å². The van der Waals surface area contributed by atoms with Crippen molar-refractivity contribution >= 4 is 21.6 Å². The minimum absolute atomic E-state index is 0.0554. The summed E-state index contributed by atoms with van der Waals surface area (Å²) in [6.45, 7) is 4.53. The number of hydrogen-bond acceptors (Lipinski definition) is 4. The average molecular weight is 299 g/mol. The lowest BCUT2D eigenvalue weighted by Crippen LogP contribution is -2.00. The number of aliphatic hydroxyl groups excluding tert-OH is 1. The van der Waals surface area contributed by atoms with Gasteiger partial charge in [-0.15, -0.1) is 11.3 Å². The number of aryl methyl sites for hydroxylation is 2. The number of rotatable bonds is 4. The molecule has 0 radical (unpaired) electrons. The predicted octanol–water partition coefficient (Wildman–Crippen LogP) is 3.98. The van der Waals surface area contributed by atoms with Gasteiger partial charge in [0, 0.05) is 0 Å². The molecule has 0 spiro atoms. The average Bonchev–Trinajstić information content (AvgIpc) is 2.88. The number of hydrogen-bond donors (Lipinski definition) is 1. The van der Waals surface area contributed by atoms with Crippen LogP contribution in [0.25, 0.3) is 10.2 Å². The maximum Gasteiger partial charge on any atom is 0.140 e.